The largest absolute Gasteiger partial charge is 0.352 e. The van der Waals surface area contributed by atoms with E-state index >= 15 is 0 Å². The zero-order chi connectivity index (χ0) is 16.2. The predicted octanol–water partition coefficient (Wildman–Crippen LogP) is 0.106. The Labute approximate surface area is 135 Å². The van der Waals surface area contributed by atoms with Gasteiger partial charge in [0.2, 0.25) is 5.91 Å². The lowest BCUT2D eigenvalue weighted by atomic mass is 9.96. The summed E-state index contributed by atoms with van der Waals surface area (Å²) in [6.07, 6.45) is 6.12. The Morgan fingerprint density at radius 1 is 1.22 bits per heavy atom. The maximum Gasteiger partial charge on any atom is 0.325 e. The van der Waals surface area contributed by atoms with E-state index in [-0.39, 0.29) is 30.3 Å². The van der Waals surface area contributed by atoms with E-state index in [1.54, 1.807) is 6.92 Å². The zero-order valence-electron chi connectivity index (χ0n) is 13.4. The van der Waals surface area contributed by atoms with Gasteiger partial charge in [0, 0.05) is 18.1 Å². The molecule has 1 saturated carbocycles. The molecule has 3 heterocycles. The van der Waals surface area contributed by atoms with Gasteiger partial charge in [0.25, 0.3) is 5.91 Å². The van der Waals surface area contributed by atoms with E-state index in [4.69, 9.17) is 0 Å². The van der Waals surface area contributed by atoms with Crippen molar-refractivity contribution in [2.75, 3.05) is 6.54 Å². The molecule has 7 nitrogen and oxygen atoms in total. The minimum Gasteiger partial charge on any atom is -0.352 e. The number of carbonyl (C=O) groups excluding carboxylic acids is 3. The third-order valence-corrected chi connectivity index (χ3v) is 5.83. The Bertz CT molecular complexity index is 550. The molecule has 7 heteroatoms. The number of hydrogen-bond acceptors (Lipinski definition) is 4. The Morgan fingerprint density at radius 3 is 2.48 bits per heavy atom. The number of nitrogens with zero attached hydrogens (tertiary/aromatic N) is 1. The van der Waals surface area contributed by atoms with E-state index in [0.29, 0.717) is 12.1 Å². The van der Waals surface area contributed by atoms with Crippen molar-refractivity contribution in [3.05, 3.63) is 0 Å². The summed E-state index contributed by atoms with van der Waals surface area (Å²) in [6, 6.07) is 0.699. The van der Waals surface area contributed by atoms with Gasteiger partial charge in [-0.2, -0.15) is 0 Å². The van der Waals surface area contributed by atoms with Crippen molar-refractivity contribution in [1.82, 2.24) is 20.9 Å². The molecule has 3 atom stereocenters. The van der Waals surface area contributed by atoms with Gasteiger partial charge >= 0.3 is 6.03 Å². The summed E-state index contributed by atoms with van der Waals surface area (Å²) in [5, 5.41) is 9.31. The van der Waals surface area contributed by atoms with Gasteiger partial charge in [-0.1, -0.05) is 0 Å². The van der Waals surface area contributed by atoms with Gasteiger partial charge in [-0.05, 0) is 51.4 Å². The molecular formula is C16H24N4O3. The molecule has 2 bridgehead atoms. The van der Waals surface area contributed by atoms with Gasteiger partial charge in [0.1, 0.15) is 12.1 Å². The summed E-state index contributed by atoms with van der Waals surface area (Å²) in [4.78, 5) is 37.9. The number of nitrogens with one attached hydrogen (secondary N) is 3. The lowest BCUT2D eigenvalue weighted by Gasteiger charge is -2.30. The Hall–Kier alpha value is -1.63. The molecule has 4 rings (SSSR count). The van der Waals surface area contributed by atoms with Crippen LogP contribution in [0.25, 0.3) is 0 Å². The zero-order valence-corrected chi connectivity index (χ0v) is 13.4. The summed E-state index contributed by atoms with van der Waals surface area (Å²) in [7, 11) is 0. The quantitative estimate of drug-likeness (QED) is 0.641. The van der Waals surface area contributed by atoms with Gasteiger partial charge < -0.3 is 16.0 Å². The maximum atomic E-state index is 12.5. The minimum atomic E-state index is -0.814. The molecular weight excluding hydrogens is 296 g/mol. The van der Waals surface area contributed by atoms with E-state index in [0.717, 1.165) is 30.6 Å². The molecule has 126 valence electrons. The van der Waals surface area contributed by atoms with E-state index in [9.17, 15) is 14.4 Å². The van der Waals surface area contributed by atoms with Crippen molar-refractivity contribution in [1.29, 1.82) is 0 Å². The molecule has 3 N–H and O–H groups in total. The van der Waals surface area contributed by atoms with Crippen LogP contribution in [0.15, 0.2) is 0 Å². The van der Waals surface area contributed by atoms with Crippen molar-refractivity contribution in [3.63, 3.8) is 0 Å². The molecule has 4 amide bonds. The molecule has 3 saturated heterocycles. The summed E-state index contributed by atoms with van der Waals surface area (Å²) < 4.78 is 0. The van der Waals surface area contributed by atoms with Gasteiger partial charge in [-0.15, -0.1) is 0 Å². The summed E-state index contributed by atoms with van der Waals surface area (Å²) >= 11 is 0. The van der Waals surface area contributed by atoms with Crippen molar-refractivity contribution in [2.24, 2.45) is 5.92 Å². The Morgan fingerprint density at radius 2 is 1.87 bits per heavy atom. The Kier molecular flexibility index (Phi) is 3.37. The van der Waals surface area contributed by atoms with Gasteiger partial charge in [-0.3, -0.25) is 14.5 Å². The van der Waals surface area contributed by atoms with Crippen LogP contribution in [0.2, 0.25) is 0 Å². The second-order valence-electron chi connectivity index (χ2n) is 7.67. The smallest absolute Gasteiger partial charge is 0.325 e. The normalized spacial score (nSPS) is 39.5. The second-order valence-corrected chi connectivity index (χ2v) is 7.67. The monoisotopic (exact) mass is 320 g/mol. The number of imide groups is 1. The van der Waals surface area contributed by atoms with Crippen LogP contribution in [0.4, 0.5) is 4.79 Å². The Balaban J connectivity index is 1.35. The molecule has 0 aromatic carbocycles. The van der Waals surface area contributed by atoms with Crippen LogP contribution in [0.5, 0.6) is 0 Å². The van der Waals surface area contributed by atoms with Crippen molar-refractivity contribution in [2.45, 2.75) is 69.1 Å². The van der Waals surface area contributed by atoms with E-state index in [1.165, 1.54) is 12.8 Å². The van der Waals surface area contributed by atoms with Crippen LogP contribution in [0, 0.1) is 5.92 Å². The molecule has 0 radical (unpaired) electrons. The molecule has 0 aromatic heterocycles. The number of piperidine rings is 1. The number of amides is 4. The maximum absolute atomic E-state index is 12.5. The fourth-order valence-corrected chi connectivity index (χ4v) is 4.39. The van der Waals surface area contributed by atoms with Gasteiger partial charge in [-0.25, -0.2) is 4.79 Å². The van der Waals surface area contributed by atoms with Crippen molar-refractivity contribution in [3.8, 4) is 0 Å². The summed E-state index contributed by atoms with van der Waals surface area (Å²) in [6.45, 7) is 1.60. The van der Waals surface area contributed by atoms with Gasteiger partial charge in [0.05, 0.1) is 0 Å². The highest BCUT2D eigenvalue weighted by Crippen LogP contribution is 2.42. The molecule has 0 aromatic rings. The van der Waals surface area contributed by atoms with E-state index < -0.39 is 11.6 Å². The highest BCUT2D eigenvalue weighted by atomic mass is 16.2. The van der Waals surface area contributed by atoms with Crippen LogP contribution in [0.1, 0.15) is 45.4 Å². The van der Waals surface area contributed by atoms with Crippen molar-refractivity contribution >= 4 is 17.8 Å². The van der Waals surface area contributed by atoms with Crippen LogP contribution in [0.3, 0.4) is 0 Å². The third kappa shape index (κ3) is 2.60. The molecule has 4 aliphatic rings. The number of urea groups is 1. The average molecular weight is 320 g/mol. The summed E-state index contributed by atoms with van der Waals surface area (Å²) in [5.41, 5.74) is -0.814. The van der Waals surface area contributed by atoms with E-state index in [1.807, 2.05) is 0 Å². The SMILES string of the molecule is CC1(C2CC2)NC(=O)N(CC(=O)NC2CC3CCC(C2)N3)C1=O. The minimum absolute atomic E-state index is 0.150. The van der Waals surface area contributed by atoms with Crippen LogP contribution < -0.4 is 16.0 Å². The highest BCUT2D eigenvalue weighted by Gasteiger charge is 2.56. The number of hydrogen-bond donors (Lipinski definition) is 3. The molecule has 3 aliphatic heterocycles. The second kappa shape index (κ2) is 5.19. The average Bonchev–Trinajstić information content (AvgIpc) is 3.26. The lowest BCUT2D eigenvalue weighted by Crippen LogP contribution is -2.51. The van der Waals surface area contributed by atoms with Gasteiger partial charge in [0.15, 0.2) is 0 Å². The molecule has 3 unspecified atom stereocenters. The van der Waals surface area contributed by atoms with E-state index in [2.05, 4.69) is 16.0 Å². The van der Waals surface area contributed by atoms with Crippen LogP contribution in [-0.2, 0) is 9.59 Å². The highest BCUT2D eigenvalue weighted by molar-refractivity contribution is 6.09. The molecule has 0 spiro atoms. The third-order valence-electron chi connectivity index (χ3n) is 5.83. The molecule has 4 fully saturated rings. The lowest BCUT2D eigenvalue weighted by molar-refractivity contribution is -0.135. The standard InChI is InChI=1S/C16H24N4O3/c1-16(9-2-3-9)14(22)20(15(23)19-16)8-13(21)18-12-6-10-4-5-11(7-12)17-10/h9-12,17H,2-8H2,1H3,(H,18,21)(H,19,23). The first-order chi connectivity index (χ1) is 11.0. The number of carbonyl (C=O) groups is 3. The first-order valence-electron chi connectivity index (χ1n) is 8.65. The molecule has 23 heavy (non-hydrogen) atoms. The van der Waals surface area contributed by atoms with Crippen molar-refractivity contribution < 1.29 is 14.4 Å². The van der Waals surface area contributed by atoms with Crippen LogP contribution in [-0.4, -0.2) is 53.0 Å². The number of fused-ring (bicyclic) bond motifs is 2. The fourth-order valence-electron chi connectivity index (χ4n) is 4.39. The fraction of sp³-hybridized carbons (Fsp3) is 0.812. The first kappa shape index (κ1) is 14.9. The molecule has 1 aliphatic carbocycles. The van der Waals surface area contributed by atoms with Crippen LogP contribution >= 0.6 is 0 Å². The number of rotatable bonds is 4. The first-order valence-corrected chi connectivity index (χ1v) is 8.65. The summed E-state index contributed by atoms with van der Waals surface area (Å²) in [5.74, 6) is -0.280. The topological polar surface area (TPSA) is 90.5 Å². The predicted molar refractivity (Wildman–Crippen MR) is 82.5 cm³/mol.